The van der Waals surface area contributed by atoms with Gasteiger partial charge in [0.1, 0.15) is 0 Å². The second-order valence-corrected chi connectivity index (χ2v) is 5.59. The predicted molar refractivity (Wildman–Crippen MR) is 59.0 cm³/mol. The molecule has 1 nitrogen and oxygen atoms in total. The first-order chi connectivity index (χ1) is 6.74. The molecule has 2 fully saturated rings. The van der Waals surface area contributed by atoms with Crippen molar-refractivity contribution in [2.24, 2.45) is 29.6 Å². The minimum atomic E-state index is 0.382. The number of fused-ring (bicyclic) bond motifs is 2. The van der Waals surface area contributed by atoms with Crippen LogP contribution in [0.5, 0.6) is 0 Å². The molecular weight excluding hydrogens is 172 g/mol. The van der Waals surface area contributed by atoms with E-state index in [-0.39, 0.29) is 0 Å². The fourth-order valence-electron chi connectivity index (χ4n) is 3.94. The zero-order valence-electron chi connectivity index (χ0n) is 9.58. The molecule has 0 amide bonds. The highest BCUT2D eigenvalue weighted by Gasteiger charge is 2.47. The van der Waals surface area contributed by atoms with Crippen LogP contribution in [-0.2, 0) is 0 Å². The topological polar surface area (TPSA) is 20.2 Å². The predicted octanol–water partition coefficient (Wildman–Crippen LogP) is 3.08. The van der Waals surface area contributed by atoms with E-state index < -0.39 is 0 Å². The molecule has 0 aliphatic heterocycles. The van der Waals surface area contributed by atoms with Gasteiger partial charge >= 0.3 is 0 Å². The summed E-state index contributed by atoms with van der Waals surface area (Å²) in [6, 6.07) is 0. The van der Waals surface area contributed by atoms with Crippen molar-refractivity contribution in [2.75, 3.05) is 6.61 Å². The van der Waals surface area contributed by atoms with Crippen LogP contribution in [0, 0.1) is 29.6 Å². The van der Waals surface area contributed by atoms with Crippen LogP contribution >= 0.6 is 0 Å². The van der Waals surface area contributed by atoms with E-state index in [1.54, 1.807) is 0 Å². The second kappa shape index (κ2) is 4.22. The second-order valence-electron chi connectivity index (χ2n) is 5.59. The molecule has 0 radical (unpaired) electrons. The van der Waals surface area contributed by atoms with Gasteiger partial charge in [0.2, 0.25) is 0 Å². The molecule has 0 saturated heterocycles. The highest BCUT2D eigenvalue weighted by Crippen LogP contribution is 2.56. The molecule has 82 valence electrons. The Morgan fingerprint density at radius 2 is 1.86 bits per heavy atom. The van der Waals surface area contributed by atoms with Crippen LogP contribution < -0.4 is 0 Å². The zero-order valence-corrected chi connectivity index (χ0v) is 9.58. The summed E-state index contributed by atoms with van der Waals surface area (Å²) in [5.74, 6) is 5.00. The molecule has 0 aromatic rings. The van der Waals surface area contributed by atoms with E-state index in [2.05, 4.69) is 13.8 Å². The first-order valence-electron chi connectivity index (χ1n) is 6.35. The van der Waals surface area contributed by atoms with E-state index >= 15 is 0 Å². The third-order valence-electron chi connectivity index (χ3n) is 5.02. The molecule has 2 saturated carbocycles. The molecule has 2 aliphatic rings. The number of hydrogen-bond donors (Lipinski definition) is 1. The molecule has 5 unspecified atom stereocenters. The zero-order chi connectivity index (χ0) is 10.1. The third kappa shape index (κ3) is 1.71. The maximum absolute atomic E-state index is 8.77. The van der Waals surface area contributed by atoms with Gasteiger partial charge in [-0.15, -0.1) is 0 Å². The minimum Gasteiger partial charge on any atom is -0.396 e. The Kier molecular flexibility index (Phi) is 3.16. The molecule has 0 aromatic heterocycles. The van der Waals surface area contributed by atoms with E-state index in [1.807, 2.05) is 0 Å². The Labute approximate surface area is 87.9 Å². The van der Waals surface area contributed by atoms with Crippen molar-refractivity contribution in [3.8, 4) is 0 Å². The van der Waals surface area contributed by atoms with Gasteiger partial charge in [-0.25, -0.2) is 0 Å². The summed E-state index contributed by atoms with van der Waals surface area (Å²) in [6.45, 7) is 5.28. The summed E-state index contributed by atoms with van der Waals surface area (Å²) in [7, 11) is 0. The van der Waals surface area contributed by atoms with Gasteiger partial charge in [0.15, 0.2) is 0 Å². The van der Waals surface area contributed by atoms with Gasteiger partial charge in [-0.3, -0.25) is 0 Å². The largest absolute Gasteiger partial charge is 0.396 e. The van der Waals surface area contributed by atoms with E-state index in [0.717, 1.165) is 36.0 Å². The molecule has 2 aliphatic carbocycles. The minimum absolute atomic E-state index is 0.382. The number of rotatable bonds is 4. The van der Waals surface area contributed by atoms with Crippen molar-refractivity contribution in [3.63, 3.8) is 0 Å². The summed E-state index contributed by atoms with van der Waals surface area (Å²) in [6.07, 6.45) is 6.62. The van der Waals surface area contributed by atoms with Gasteiger partial charge in [-0.1, -0.05) is 26.7 Å². The van der Waals surface area contributed by atoms with E-state index in [9.17, 15) is 0 Å². The van der Waals surface area contributed by atoms with Crippen LogP contribution in [0.4, 0.5) is 0 Å². The lowest BCUT2D eigenvalue weighted by Crippen LogP contribution is -2.24. The highest BCUT2D eigenvalue weighted by molar-refractivity contribution is 4.97. The molecular formula is C13H24O. The number of hydrogen-bond acceptors (Lipinski definition) is 1. The molecule has 0 spiro atoms. The SMILES string of the molecule is CC1C2CC(CCCCO)C(C2)C1C. The van der Waals surface area contributed by atoms with Crippen LogP contribution in [0.1, 0.15) is 46.0 Å². The number of aliphatic hydroxyl groups excluding tert-OH is 1. The Hall–Kier alpha value is -0.0400. The summed E-state index contributed by atoms with van der Waals surface area (Å²) in [5.41, 5.74) is 0. The normalized spacial score (nSPS) is 46.1. The van der Waals surface area contributed by atoms with E-state index in [1.165, 1.54) is 25.7 Å². The standard InChI is InChI=1S/C13H24O/c1-9-10(2)13-8-12(9)7-11(13)5-3-4-6-14/h9-14H,3-8H2,1-2H3. The van der Waals surface area contributed by atoms with Crippen molar-refractivity contribution in [3.05, 3.63) is 0 Å². The quantitative estimate of drug-likeness (QED) is 0.685. The molecule has 2 rings (SSSR count). The van der Waals surface area contributed by atoms with E-state index in [0.29, 0.717) is 6.61 Å². The van der Waals surface area contributed by atoms with Crippen LogP contribution in [0.25, 0.3) is 0 Å². The maximum Gasteiger partial charge on any atom is 0.0431 e. The summed E-state index contributed by atoms with van der Waals surface area (Å²) in [4.78, 5) is 0. The molecule has 1 heteroatoms. The first kappa shape index (κ1) is 10.5. The third-order valence-corrected chi connectivity index (χ3v) is 5.02. The van der Waals surface area contributed by atoms with Gasteiger partial charge < -0.3 is 5.11 Å². The number of unbranched alkanes of at least 4 members (excludes halogenated alkanes) is 1. The molecule has 2 bridgehead atoms. The van der Waals surface area contributed by atoms with E-state index in [4.69, 9.17) is 5.11 Å². The summed E-state index contributed by atoms with van der Waals surface area (Å²) >= 11 is 0. The van der Waals surface area contributed by atoms with Crippen LogP contribution in [0.2, 0.25) is 0 Å². The van der Waals surface area contributed by atoms with Gasteiger partial charge in [-0.2, -0.15) is 0 Å². The van der Waals surface area contributed by atoms with Crippen LogP contribution in [-0.4, -0.2) is 11.7 Å². The lowest BCUT2D eigenvalue weighted by Gasteiger charge is -2.31. The molecule has 14 heavy (non-hydrogen) atoms. The molecule has 1 N–H and O–H groups in total. The fraction of sp³-hybridized carbons (Fsp3) is 1.00. The Balaban J connectivity index is 1.81. The Bertz CT molecular complexity index is 188. The average molecular weight is 196 g/mol. The van der Waals surface area contributed by atoms with Gasteiger partial charge in [-0.05, 0) is 48.9 Å². The maximum atomic E-state index is 8.77. The monoisotopic (exact) mass is 196 g/mol. The first-order valence-corrected chi connectivity index (χ1v) is 6.35. The van der Waals surface area contributed by atoms with Crippen LogP contribution in [0.15, 0.2) is 0 Å². The van der Waals surface area contributed by atoms with Gasteiger partial charge in [0.05, 0.1) is 0 Å². The van der Waals surface area contributed by atoms with Crippen molar-refractivity contribution in [1.82, 2.24) is 0 Å². The lowest BCUT2D eigenvalue weighted by molar-refractivity contribution is 0.175. The van der Waals surface area contributed by atoms with Crippen molar-refractivity contribution < 1.29 is 5.11 Å². The van der Waals surface area contributed by atoms with Crippen molar-refractivity contribution >= 4 is 0 Å². The summed E-state index contributed by atoms with van der Waals surface area (Å²) in [5, 5.41) is 8.77. The van der Waals surface area contributed by atoms with Gasteiger partial charge in [0.25, 0.3) is 0 Å². The van der Waals surface area contributed by atoms with Crippen LogP contribution in [0.3, 0.4) is 0 Å². The van der Waals surface area contributed by atoms with Crippen molar-refractivity contribution in [2.45, 2.75) is 46.0 Å². The molecule has 0 heterocycles. The molecule has 0 aromatic carbocycles. The fourth-order valence-corrected chi connectivity index (χ4v) is 3.94. The highest BCUT2D eigenvalue weighted by atomic mass is 16.2. The average Bonchev–Trinajstić information content (AvgIpc) is 2.69. The smallest absolute Gasteiger partial charge is 0.0431 e. The Morgan fingerprint density at radius 1 is 1.07 bits per heavy atom. The number of aliphatic hydroxyl groups is 1. The lowest BCUT2D eigenvalue weighted by atomic mass is 9.74. The van der Waals surface area contributed by atoms with Gasteiger partial charge in [0, 0.05) is 6.61 Å². The van der Waals surface area contributed by atoms with Crippen molar-refractivity contribution in [1.29, 1.82) is 0 Å². The Morgan fingerprint density at radius 3 is 2.43 bits per heavy atom. The molecule has 5 atom stereocenters. The summed E-state index contributed by atoms with van der Waals surface area (Å²) < 4.78 is 0.